The molecule has 266 valence electrons. The number of aromatic nitrogens is 1. The number of nitrogens with zero attached hydrogens (tertiary/aromatic N) is 2. The number of methoxy groups -OCH3 is 1. The van der Waals surface area contributed by atoms with Gasteiger partial charge in [-0.15, -0.1) is 0 Å². The summed E-state index contributed by atoms with van der Waals surface area (Å²) in [6.45, 7) is 4.44. The van der Waals surface area contributed by atoms with Crippen LogP contribution in [0.4, 0.5) is 5.69 Å². The number of hydrogen-bond acceptors (Lipinski definition) is 9. The molecule has 0 radical (unpaired) electrons. The van der Waals surface area contributed by atoms with Crippen LogP contribution in [0.15, 0.2) is 59.1 Å². The van der Waals surface area contributed by atoms with Crippen molar-refractivity contribution < 1.29 is 33.7 Å². The summed E-state index contributed by atoms with van der Waals surface area (Å²) in [7, 11) is 1.53. The summed E-state index contributed by atoms with van der Waals surface area (Å²) in [5.41, 5.74) is 10.2. The molecule has 3 N–H and O–H groups in total. The maximum atomic E-state index is 13.6. The maximum absolute atomic E-state index is 13.6. The zero-order chi connectivity index (χ0) is 35.9. The number of rotatable bonds is 13. The standard InChI is InChI=1S/C38H43BrClN3O7/c1-4-42(28-8-6-5-7-9-28)20-26-16-25(17-33(39)36(26)41)38(47)49-22-30(21-44)50-35(45)19-31-23(2)43(34-15-14-29(48-3)18-32(31)34)37(46)24-10-12-27(40)13-11-24/h10-18,28,30,44H,4-9,19-22,41H2,1-3H3. The van der Waals surface area contributed by atoms with E-state index >= 15 is 0 Å². The molecule has 1 aliphatic rings. The summed E-state index contributed by atoms with van der Waals surface area (Å²) in [4.78, 5) is 42.5. The van der Waals surface area contributed by atoms with Crippen LogP contribution >= 0.6 is 27.5 Å². The van der Waals surface area contributed by atoms with Gasteiger partial charge >= 0.3 is 11.9 Å². The fraction of sp³-hybridized carbons (Fsp3) is 0.395. The second kappa shape index (κ2) is 16.9. The number of esters is 2. The van der Waals surface area contributed by atoms with Crippen LogP contribution in [0.25, 0.3) is 10.9 Å². The first kappa shape index (κ1) is 37.4. The van der Waals surface area contributed by atoms with Crippen LogP contribution in [0.1, 0.15) is 76.6 Å². The van der Waals surface area contributed by atoms with Crippen molar-refractivity contribution in [1.29, 1.82) is 0 Å². The number of nitrogens with two attached hydrogens (primary N) is 1. The zero-order valence-corrected chi connectivity index (χ0v) is 30.9. The van der Waals surface area contributed by atoms with E-state index in [-0.39, 0.29) is 18.9 Å². The average Bonchev–Trinajstić information content (AvgIpc) is 3.39. The molecule has 0 aliphatic heterocycles. The predicted molar refractivity (Wildman–Crippen MR) is 197 cm³/mol. The Morgan fingerprint density at radius 2 is 1.78 bits per heavy atom. The molecule has 0 bridgehead atoms. The van der Waals surface area contributed by atoms with E-state index in [0.29, 0.717) is 66.8 Å². The highest BCUT2D eigenvalue weighted by Crippen LogP contribution is 2.32. The van der Waals surface area contributed by atoms with Crippen LogP contribution in [0, 0.1) is 6.92 Å². The fourth-order valence-electron chi connectivity index (χ4n) is 6.63. The van der Waals surface area contributed by atoms with Gasteiger partial charge in [-0.2, -0.15) is 0 Å². The van der Waals surface area contributed by atoms with Crippen LogP contribution in [0.2, 0.25) is 5.02 Å². The minimum absolute atomic E-state index is 0.204. The molecule has 5 rings (SSSR count). The van der Waals surface area contributed by atoms with Gasteiger partial charge in [-0.3, -0.25) is 19.1 Å². The van der Waals surface area contributed by atoms with Gasteiger partial charge in [0.05, 0.1) is 36.9 Å². The highest BCUT2D eigenvalue weighted by Gasteiger charge is 2.26. The summed E-state index contributed by atoms with van der Waals surface area (Å²) < 4.78 is 18.6. The molecule has 0 amide bonds. The number of ether oxygens (including phenoxy) is 3. The van der Waals surface area contributed by atoms with Gasteiger partial charge in [-0.1, -0.05) is 37.8 Å². The van der Waals surface area contributed by atoms with Crippen molar-refractivity contribution in [3.8, 4) is 5.75 Å². The molecule has 1 heterocycles. The molecular weight excluding hydrogens is 726 g/mol. The number of carbonyl (C=O) groups is 3. The third-order valence-corrected chi connectivity index (χ3v) is 10.3. The quantitative estimate of drug-likeness (QED) is 0.108. The summed E-state index contributed by atoms with van der Waals surface area (Å²) >= 11 is 9.53. The Morgan fingerprint density at radius 3 is 2.44 bits per heavy atom. The van der Waals surface area contributed by atoms with E-state index in [2.05, 4.69) is 27.8 Å². The molecule has 12 heteroatoms. The predicted octanol–water partition coefficient (Wildman–Crippen LogP) is 7.10. The Morgan fingerprint density at radius 1 is 1.06 bits per heavy atom. The van der Waals surface area contributed by atoms with E-state index in [1.54, 1.807) is 66.1 Å². The number of anilines is 1. The number of aliphatic hydroxyl groups excluding tert-OH is 1. The smallest absolute Gasteiger partial charge is 0.338 e. The van der Waals surface area contributed by atoms with E-state index in [1.807, 2.05) is 0 Å². The van der Waals surface area contributed by atoms with Gasteiger partial charge in [-0.05, 0) is 108 Å². The molecule has 1 atom stereocenters. The minimum atomic E-state index is -1.11. The van der Waals surface area contributed by atoms with Gasteiger partial charge in [0.1, 0.15) is 12.4 Å². The summed E-state index contributed by atoms with van der Waals surface area (Å²) in [5.74, 6) is -1.03. The second-order valence-electron chi connectivity index (χ2n) is 12.5. The van der Waals surface area contributed by atoms with Crippen molar-refractivity contribution in [1.82, 2.24) is 9.47 Å². The molecule has 0 saturated heterocycles. The first-order valence-electron chi connectivity index (χ1n) is 16.8. The first-order valence-corrected chi connectivity index (χ1v) is 18.0. The van der Waals surface area contributed by atoms with E-state index in [9.17, 15) is 19.5 Å². The largest absolute Gasteiger partial charge is 0.497 e. The lowest BCUT2D eigenvalue weighted by molar-refractivity contribution is -0.152. The van der Waals surface area contributed by atoms with Crippen LogP contribution < -0.4 is 10.5 Å². The van der Waals surface area contributed by atoms with E-state index < -0.39 is 24.6 Å². The van der Waals surface area contributed by atoms with E-state index in [4.69, 9.17) is 31.5 Å². The van der Waals surface area contributed by atoms with Crippen molar-refractivity contribution in [2.24, 2.45) is 0 Å². The molecule has 10 nitrogen and oxygen atoms in total. The molecule has 1 unspecified atom stereocenters. The fourth-order valence-corrected chi connectivity index (χ4v) is 7.26. The van der Waals surface area contributed by atoms with Gasteiger partial charge in [-0.25, -0.2) is 4.79 Å². The summed E-state index contributed by atoms with van der Waals surface area (Å²) in [5, 5.41) is 11.2. The normalized spacial score (nSPS) is 14.1. The highest BCUT2D eigenvalue weighted by molar-refractivity contribution is 9.10. The Kier molecular flexibility index (Phi) is 12.6. The lowest BCUT2D eigenvalue weighted by atomic mass is 9.93. The first-order chi connectivity index (χ1) is 24.0. The van der Waals surface area contributed by atoms with Crippen LogP contribution in [0.5, 0.6) is 5.75 Å². The minimum Gasteiger partial charge on any atom is -0.497 e. The average molecular weight is 769 g/mol. The van der Waals surface area contributed by atoms with E-state index in [1.165, 1.54) is 26.4 Å². The number of nitrogen functional groups attached to an aromatic ring is 1. The Labute approximate surface area is 305 Å². The second-order valence-corrected chi connectivity index (χ2v) is 13.8. The lowest BCUT2D eigenvalue weighted by Crippen LogP contribution is -2.36. The Bertz CT molecular complexity index is 1850. The maximum Gasteiger partial charge on any atom is 0.338 e. The molecule has 1 aliphatic carbocycles. The summed E-state index contributed by atoms with van der Waals surface area (Å²) in [6.07, 6.45) is 4.67. The zero-order valence-electron chi connectivity index (χ0n) is 28.5. The Hall–Kier alpha value is -3.90. The van der Waals surface area contributed by atoms with Gasteiger partial charge in [0, 0.05) is 38.7 Å². The number of hydrogen-bond donors (Lipinski definition) is 2. The third-order valence-electron chi connectivity index (χ3n) is 9.38. The third kappa shape index (κ3) is 8.51. The highest BCUT2D eigenvalue weighted by atomic mass is 79.9. The van der Waals surface area contributed by atoms with Gasteiger partial charge in [0.25, 0.3) is 5.91 Å². The monoisotopic (exact) mass is 767 g/mol. The van der Waals surface area contributed by atoms with Gasteiger partial charge in [0.2, 0.25) is 0 Å². The lowest BCUT2D eigenvalue weighted by Gasteiger charge is -2.34. The SMILES string of the molecule is CCN(Cc1cc(C(=O)OCC(CO)OC(=O)Cc2c(C)n(C(=O)c3ccc(Cl)cc3)c3ccc(OC)cc23)cc(Br)c1N)C1CCCCC1. The van der Waals surface area contributed by atoms with Crippen molar-refractivity contribution in [3.63, 3.8) is 0 Å². The van der Waals surface area contributed by atoms with Gasteiger partial charge in [0.15, 0.2) is 6.10 Å². The van der Waals surface area contributed by atoms with Crippen molar-refractivity contribution in [3.05, 3.63) is 92.0 Å². The molecule has 1 fully saturated rings. The van der Waals surface area contributed by atoms with Gasteiger partial charge < -0.3 is 25.1 Å². The number of halogens is 2. The molecule has 4 aromatic rings. The number of fused-ring (bicyclic) bond motifs is 1. The molecule has 1 aromatic heterocycles. The number of aliphatic hydroxyl groups is 1. The number of benzene rings is 3. The molecule has 50 heavy (non-hydrogen) atoms. The van der Waals surface area contributed by atoms with Crippen molar-refractivity contribution in [2.45, 2.75) is 71.1 Å². The molecular formula is C38H43BrClN3O7. The molecule has 3 aromatic carbocycles. The van der Waals surface area contributed by atoms with Crippen molar-refractivity contribution in [2.75, 3.05) is 32.6 Å². The van der Waals surface area contributed by atoms with E-state index in [0.717, 1.165) is 24.9 Å². The summed E-state index contributed by atoms with van der Waals surface area (Å²) in [6, 6.07) is 15.7. The van der Waals surface area contributed by atoms with Crippen LogP contribution in [-0.2, 0) is 27.2 Å². The van der Waals surface area contributed by atoms with Crippen molar-refractivity contribution >= 4 is 62.0 Å². The molecule has 0 spiro atoms. The Balaban J connectivity index is 1.28. The van der Waals surface area contributed by atoms with Crippen LogP contribution in [-0.4, -0.2) is 71.4 Å². The molecule has 1 saturated carbocycles. The van der Waals surface area contributed by atoms with Crippen LogP contribution in [0.3, 0.4) is 0 Å². The number of carbonyl (C=O) groups excluding carboxylic acids is 3. The topological polar surface area (TPSA) is 133 Å².